The largest absolute Gasteiger partial charge is 0.465 e. The normalized spacial score (nSPS) is 11.2. The summed E-state index contributed by atoms with van der Waals surface area (Å²) in [6.45, 7) is 0. The molecule has 1 N–H and O–H groups in total. The summed E-state index contributed by atoms with van der Waals surface area (Å²) < 4.78 is 29.6. The van der Waals surface area contributed by atoms with Crippen LogP contribution in [0.1, 0.15) is 20.7 Å². The summed E-state index contributed by atoms with van der Waals surface area (Å²) in [7, 11) is 0.574. The zero-order chi connectivity index (χ0) is 18.6. The Labute approximate surface area is 145 Å². The van der Waals surface area contributed by atoms with Crippen molar-refractivity contribution in [3.05, 3.63) is 53.7 Å². The van der Waals surface area contributed by atoms with Crippen molar-refractivity contribution in [2.24, 2.45) is 0 Å². The minimum Gasteiger partial charge on any atom is -0.465 e. The van der Waals surface area contributed by atoms with Gasteiger partial charge in [0.1, 0.15) is 5.82 Å². The number of esters is 1. The fourth-order valence-corrected chi connectivity index (χ4v) is 2.79. The molecule has 0 unspecified atom stereocenters. The molecule has 1 heterocycles. The zero-order valence-electron chi connectivity index (χ0n) is 13.9. The summed E-state index contributed by atoms with van der Waals surface area (Å²) in [5.74, 6) is -0.724. The number of sulfonamides is 1. The molecule has 0 fully saturated rings. The van der Waals surface area contributed by atoms with Crippen LogP contribution in [0.3, 0.4) is 0 Å². The number of nitrogens with zero attached hydrogens (tertiary/aromatic N) is 2. The monoisotopic (exact) mass is 363 g/mol. The van der Waals surface area contributed by atoms with Gasteiger partial charge in [0.05, 0.1) is 17.6 Å². The van der Waals surface area contributed by atoms with Crippen molar-refractivity contribution in [3.63, 3.8) is 0 Å². The van der Waals surface area contributed by atoms with Crippen LogP contribution < -0.4 is 5.32 Å². The van der Waals surface area contributed by atoms with Gasteiger partial charge in [-0.25, -0.2) is 22.5 Å². The minimum atomic E-state index is -3.55. The molecule has 0 atom stereocenters. The molecule has 0 bridgehead atoms. The van der Waals surface area contributed by atoms with Crippen LogP contribution in [0.15, 0.2) is 47.5 Å². The lowest BCUT2D eigenvalue weighted by molar-refractivity contribution is 0.0600. The minimum absolute atomic E-state index is 0.0922. The Hall–Kier alpha value is -2.78. The Morgan fingerprint density at radius 2 is 1.64 bits per heavy atom. The lowest BCUT2D eigenvalue weighted by Crippen LogP contribution is -2.22. The Morgan fingerprint density at radius 3 is 2.12 bits per heavy atom. The molecule has 9 heteroatoms. The number of methoxy groups -OCH3 is 1. The van der Waals surface area contributed by atoms with Gasteiger partial charge < -0.3 is 10.1 Å². The van der Waals surface area contributed by atoms with E-state index in [1.807, 2.05) is 0 Å². The van der Waals surface area contributed by atoms with Crippen molar-refractivity contribution >= 4 is 27.7 Å². The number of hydrogen-bond acceptors (Lipinski definition) is 6. The standard InChI is InChI=1S/C16H17N3O5S/c1-19(2)25(22,23)13-7-4-11(5-8-13)15(20)18-14-9-6-12(10-17-14)16(21)24-3/h4-10H,1-3H3,(H,17,18,20). The first-order chi connectivity index (χ1) is 11.8. The molecular formula is C16H17N3O5S. The number of hydrogen-bond donors (Lipinski definition) is 1. The Bertz CT molecular complexity index is 875. The fourth-order valence-electron chi connectivity index (χ4n) is 1.88. The highest BCUT2D eigenvalue weighted by Gasteiger charge is 2.17. The summed E-state index contributed by atoms with van der Waals surface area (Å²) >= 11 is 0. The molecular weight excluding hydrogens is 346 g/mol. The molecule has 0 spiro atoms. The highest BCUT2D eigenvalue weighted by molar-refractivity contribution is 7.89. The maximum absolute atomic E-state index is 12.2. The van der Waals surface area contributed by atoms with Gasteiger partial charge in [0.15, 0.2) is 0 Å². The Morgan fingerprint density at radius 1 is 1.04 bits per heavy atom. The lowest BCUT2D eigenvalue weighted by Gasteiger charge is -2.11. The Balaban J connectivity index is 2.12. The van der Waals surface area contributed by atoms with Gasteiger partial charge in [-0.1, -0.05) is 0 Å². The molecule has 1 aromatic heterocycles. The van der Waals surface area contributed by atoms with E-state index in [0.29, 0.717) is 0 Å². The highest BCUT2D eigenvalue weighted by Crippen LogP contribution is 2.15. The van der Waals surface area contributed by atoms with Crippen LogP contribution in [0.25, 0.3) is 0 Å². The predicted octanol–water partition coefficient (Wildman–Crippen LogP) is 1.37. The van der Waals surface area contributed by atoms with Gasteiger partial charge in [-0.3, -0.25) is 4.79 Å². The first-order valence-corrected chi connectivity index (χ1v) is 8.58. The van der Waals surface area contributed by atoms with Gasteiger partial charge in [-0.05, 0) is 36.4 Å². The van der Waals surface area contributed by atoms with Crippen LogP contribution in [0.5, 0.6) is 0 Å². The molecule has 1 aromatic carbocycles. The highest BCUT2D eigenvalue weighted by atomic mass is 32.2. The third kappa shape index (κ3) is 4.20. The number of anilines is 1. The van der Waals surface area contributed by atoms with E-state index in [1.165, 1.54) is 63.8 Å². The number of benzene rings is 1. The molecule has 0 saturated heterocycles. The molecule has 1 amide bonds. The summed E-state index contributed by atoms with van der Waals surface area (Å²) in [4.78, 5) is 27.6. The van der Waals surface area contributed by atoms with Crippen LogP contribution in [0.2, 0.25) is 0 Å². The summed E-state index contributed by atoms with van der Waals surface area (Å²) in [6.07, 6.45) is 1.29. The Kier molecular flexibility index (Phi) is 5.50. The van der Waals surface area contributed by atoms with Crippen LogP contribution in [0.4, 0.5) is 5.82 Å². The second-order valence-electron chi connectivity index (χ2n) is 5.19. The van der Waals surface area contributed by atoms with Crippen molar-refractivity contribution in [2.45, 2.75) is 4.90 Å². The zero-order valence-corrected chi connectivity index (χ0v) is 14.7. The van der Waals surface area contributed by atoms with Gasteiger partial charge in [-0.2, -0.15) is 0 Å². The quantitative estimate of drug-likeness (QED) is 0.804. The molecule has 132 valence electrons. The van der Waals surface area contributed by atoms with Crippen molar-refractivity contribution in [1.29, 1.82) is 0 Å². The second kappa shape index (κ2) is 7.41. The van der Waals surface area contributed by atoms with Crippen molar-refractivity contribution < 1.29 is 22.7 Å². The molecule has 2 rings (SSSR count). The van der Waals surface area contributed by atoms with Crippen LogP contribution >= 0.6 is 0 Å². The van der Waals surface area contributed by atoms with Crippen LogP contribution in [0, 0.1) is 0 Å². The van der Waals surface area contributed by atoms with Crippen molar-refractivity contribution in [2.75, 3.05) is 26.5 Å². The maximum Gasteiger partial charge on any atom is 0.339 e. The third-order valence-electron chi connectivity index (χ3n) is 3.32. The summed E-state index contributed by atoms with van der Waals surface area (Å²) in [5, 5.41) is 2.56. The lowest BCUT2D eigenvalue weighted by atomic mass is 10.2. The number of ether oxygens (including phenoxy) is 1. The second-order valence-corrected chi connectivity index (χ2v) is 7.34. The molecule has 0 saturated carbocycles. The molecule has 25 heavy (non-hydrogen) atoms. The van der Waals surface area contributed by atoms with Crippen molar-refractivity contribution in [3.8, 4) is 0 Å². The first kappa shape index (κ1) is 18.6. The number of aromatic nitrogens is 1. The van der Waals surface area contributed by atoms with E-state index in [9.17, 15) is 18.0 Å². The fraction of sp³-hybridized carbons (Fsp3) is 0.188. The third-order valence-corrected chi connectivity index (χ3v) is 5.15. The number of carbonyl (C=O) groups is 2. The summed E-state index contributed by atoms with van der Waals surface area (Å²) in [5.41, 5.74) is 0.537. The van der Waals surface area contributed by atoms with E-state index >= 15 is 0 Å². The van der Waals surface area contributed by atoms with Gasteiger partial charge in [0.25, 0.3) is 5.91 Å². The van der Waals surface area contributed by atoms with Gasteiger partial charge >= 0.3 is 5.97 Å². The molecule has 0 radical (unpaired) electrons. The number of nitrogens with one attached hydrogen (secondary N) is 1. The van der Waals surface area contributed by atoms with E-state index in [4.69, 9.17) is 0 Å². The average Bonchev–Trinajstić information content (AvgIpc) is 2.61. The summed E-state index contributed by atoms with van der Waals surface area (Å²) in [6, 6.07) is 8.48. The van der Waals surface area contributed by atoms with E-state index in [-0.39, 0.29) is 21.8 Å². The number of rotatable bonds is 5. The maximum atomic E-state index is 12.2. The average molecular weight is 363 g/mol. The van der Waals surface area contributed by atoms with Crippen LogP contribution in [-0.4, -0.2) is 50.8 Å². The number of pyridine rings is 1. The van der Waals surface area contributed by atoms with E-state index < -0.39 is 21.9 Å². The van der Waals surface area contributed by atoms with E-state index in [2.05, 4.69) is 15.0 Å². The number of amides is 1. The van der Waals surface area contributed by atoms with Crippen LogP contribution in [-0.2, 0) is 14.8 Å². The van der Waals surface area contributed by atoms with Crippen molar-refractivity contribution in [1.82, 2.24) is 9.29 Å². The topological polar surface area (TPSA) is 106 Å². The molecule has 0 aliphatic carbocycles. The smallest absolute Gasteiger partial charge is 0.339 e. The first-order valence-electron chi connectivity index (χ1n) is 7.14. The predicted molar refractivity (Wildman–Crippen MR) is 90.8 cm³/mol. The van der Waals surface area contributed by atoms with Gasteiger partial charge in [-0.15, -0.1) is 0 Å². The molecule has 2 aromatic rings. The molecule has 8 nitrogen and oxygen atoms in total. The number of carbonyl (C=O) groups excluding carboxylic acids is 2. The van der Waals surface area contributed by atoms with Gasteiger partial charge in [0, 0.05) is 25.9 Å². The molecule has 0 aliphatic rings. The van der Waals surface area contributed by atoms with E-state index in [0.717, 1.165) is 4.31 Å². The van der Waals surface area contributed by atoms with E-state index in [1.54, 1.807) is 0 Å². The SMILES string of the molecule is COC(=O)c1ccc(NC(=O)c2ccc(S(=O)(=O)N(C)C)cc2)nc1. The molecule has 0 aliphatic heterocycles. The van der Waals surface area contributed by atoms with Gasteiger partial charge in [0.2, 0.25) is 10.0 Å².